The number of benzene rings is 2. The van der Waals surface area contributed by atoms with Crippen molar-refractivity contribution in [2.75, 3.05) is 0 Å². The number of amides is 1. The molecule has 0 unspecified atom stereocenters. The van der Waals surface area contributed by atoms with Crippen LogP contribution >= 0.6 is 11.8 Å². The average Bonchev–Trinajstić information content (AvgIpc) is 2.94. The molecule has 0 radical (unpaired) electrons. The number of aliphatic imine (C=N–C) groups is 1. The minimum atomic E-state index is -0.490. The van der Waals surface area contributed by atoms with E-state index in [1.807, 2.05) is 6.07 Å². The Labute approximate surface area is 146 Å². The minimum Gasteiger partial charge on any atom is -0.300 e. The van der Waals surface area contributed by atoms with E-state index in [1.165, 1.54) is 12.1 Å². The third-order valence-corrected chi connectivity index (χ3v) is 4.19. The molecule has 1 heterocycles. The van der Waals surface area contributed by atoms with Crippen molar-refractivity contribution >= 4 is 40.3 Å². The molecule has 2 aromatic rings. The van der Waals surface area contributed by atoms with Gasteiger partial charge in [0, 0.05) is 12.1 Å². The Balaban J connectivity index is 1.88. The highest BCUT2D eigenvalue weighted by Crippen LogP contribution is 2.29. The first kappa shape index (κ1) is 16.4. The lowest BCUT2D eigenvalue weighted by Crippen LogP contribution is -2.19. The normalized spacial score (nSPS) is 16.7. The first-order valence-corrected chi connectivity index (χ1v) is 7.91. The van der Waals surface area contributed by atoms with Crippen LogP contribution in [0.4, 0.5) is 11.4 Å². The van der Waals surface area contributed by atoms with Crippen LogP contribution in [0.3, 0.4) is 0 Å². The predicted octanol–water partition coefficient (Wildman–Crippen LogP) is 3.36. The van der Waals surface area contributed by atoms with Gasteiger partial charge in [0.15, 0.2) is 5.17 Å². The number of nitro benzene ring substituents is 1. The van der Waals surface area contributed by atoms with E-state index in [1.54, 1.807) is 42.5 Å². The van der Waals surface area contributed by atoms with Gasteiger partial charge in [0.1, 0.15) is 6.07 Å². The fourth-order valence-electron chi connectivity index (χ4n) is 2.14. The van der Waals surface area contributed by atoms with Crippen LogP contribution in [-0.2, 0) is 4.79 Å². The van der Waals surface area contributed by atoms with Crippen LogP contribution in [0, 0.1) is 21.4 Å². The van der Waals surface area contributed by atoms with Gasteiger partial charge in [-0.3, -0.25) is 14.9 Å². The molecule has 1 aliphatic heterocycles. The first-order valence-electron chi connectivity index (χ1n) is 7.10. The number of nitrogens with one attached hydrogen (secondary N) is 1. The van der Waals surface area contributed by atoms with Gasteiger partial charge in [-0.2, -0.15) is 5.26 Å². The van der Waals surface area contributed by atoms with Crippen LogP contribution in [0.2, 0.25) is 0 Å². The molecule has 7 nitrogen and oxygen atoms in total. The molecule has 0 aromatic heterocycles. The van der Waals surface area contributed by atoms with Gasteiger partial charge < -0.3 is 5.32 Å². The summed E-state index contributed by atoms with van der Waals surface area (Å²) in [5, 5.41) is 22.9. The summed E-state index contributed by atoms with van der Waals surface area (Å²) in [7, 11) is 0. The second-order valence-electron chi connectivity index (χ2n) is 4.96. The number of para-hydroxylation sites is 1. The SMILES string of the molecule is N#Cc1ccccc1N=C1NC(=O)/C(=C/c2cccc([N+](=O)[O-])c2)S1. The predicted molar refractivity (Wildman–Crippen MR) is 95.1 cm³/mol. The van der Waals surface area contributed by atoms with Crippen LogP contribution < -0.4 is 5.32 Å². The zero-order valence-electron chi connectivity index (χ0n) is 12.7. The van der Waals surface area contributed by atoms with Crippen LogP contribution in [0.25, 0.3) is 6.08 Å². The summed E-state index contributed by atoms with van der Waals surface area (Å²) in [6.07, 6.45) is 1.56. The van der Waals surface area contributed by atoms with Crippen LogP contribution in [0.1, 0.15) is 11.1 Å². The maximum Gasteiger partial charge on any atom is 0.270 e. The summed E-state index contributed by atoms with van der Waals surface area (Å²) in [4.78, 5) is 27.1. The third-order valence-electron chi connectivity index (χ3n) is 3.28. The summed E-state index contributed by atoms with van der Waals surface area (Å²) in [5.74, 6) is -0.343. The molecule has 0 spiro atoms. The molecule has 8 heteroatoms. The second-order valence-corrected chi connectivity index (χ2v) is 5.99. The Morgan fingerprint density at radius 1 is 1.24 bits per heavy atom. The molecular formula is C17H10N4O3S. The number of amidine groups is 1. The molecule has 25 heavy (non-hydrogen) atoms. The highest BCUT2D eigenvalue weighted by molar-refractivity contribution is 8.18. The zero-order chi connectivity index (χ0) is 17.8. The van der Waals surface area contributed by atoms with Gasteiger partial charge in [-0.05, 0) is 35.5 Å². The molecular weight excluding hydrogens is 340 g/mol. The Hall–Kier alpha value is -3.44. The number of nitriles is 1. The number of carbonyl (C=O) groups excluding carboxylic acids is 1. The van der Waals surface area contributed by atoms with E-state index in [-0.39, 0.29) is 11.6 Å². The highest BCUT2D eigenvalue weighted by atomic mass is 32.2. The lowest BCUT2D eigenvalue weighted by atomic mass is 10.2. The second kappa shape index (κ2) is 6.98. The summed E-state index contributed by atoms with van der Waals surface area (Å²) in [6.45, 7) is 0. The van der Waals surface area contributed by atoms with Gasteiger partial charge >= 0.3 is 0 Å². The molecule has 1 amide bonds. The molecule has 122 valence electrons. The largest absolute Gasteiger partial charge is 0.300 e. The Bertz CT molecular complexity index is 976. The molecule has 2 aromatic carbocycles. The quantitative estimate of drug-likeness (QED) is 0.519. The smallest absolute Gasteiger partial charge is 0.270 e. The van der Waals surface area contributed by atoms with Gasteiger partial charge in [0.2, 0.25) is 0 Å². The van der Waals surface area contributed by atoms with Gasteiger partial charge in [0.25, 0.3) is 11.6 Å². The minimum absolute atomic E-state index is 0.0467. The zero-order valence-corrected chi connectivity index (χ0v) is 13.5. The fraction of sp³-hybridized carbons (Fsp3) is 0. The van der Waals surface area contributed by atoms with Crippen molar-refractivity contribution in [3.63, 3.8) is 0 Å². The molecule has 0 bridgehead atoms. The van der Waals surface area contributed by atoms with Crippen LogP contribution in [0.5, 0.6) is 0 Å². The van der Waals surface area contributed by atoms with Gasteiger partial charge in [0.05, 0.1) is 21.1 Å². The summed E-state index contributed by atoms with van der Waals surface area (Å²) < 4.78 is 0. The number of hydrogen-bond acceptors (Lipinski definition) is 6. The van der Waals surface area contributed by atoms with Crippen molar-refractivity contribution in [1.82, 2.24) is 5.32 Å². The van der Waals surface area contributed by atoms with Crippen molar-refractivity contribution in [3.8, 4) is 6.07 Å². The summed E-state index contributed by atoms with van der Waals surface area (Å²) >= 11 is 1.11. The van der Waals surface area contributed by atoms with E-state index in [0.29, 0.717) is 26.9 Å². The molecule has 1 saturated heterocycles. The maximum atomic E-state index is 12.1. The van der Waals surface area contributed by atoms with E-state index >= 15 is 0 Å². The van der Waals surface area contributed by atoms with Crippen molar-refractivity contribution < 1.29 is 9.72 Å². The van der Waals surface area contributed by atoms with E-state index in [2.05, 4.69) is 10.3 Å². The number of non-ortho nitro benzene ring substituents is 1. The number of nitro groups is 1. The molecule has 1 N–H and O–H groups in total. The van der Waals surface area contributed by atoms with Crippen molar-refractivity contribution in [1.29, 1.82) is 5.26 Å². The monoisotopic (exact) mass is 350 g/mol. The van der Waals surface area contributed by atoms with E-state index < -0.39 is 4.92 Å². The molecule has 0 aliphatic carbocycles. The van der Waals surface area contributed by atoms with Crippen molar-refractivity contribution in [2.45, 2.75) is 0 Å². The number of thioether (sulfide) groups is 1. The number of nitrogens with zero attached hydrogens (tertiary/aromatic N) is 3. The fourth-order valence-corrected chi connectivity index (χ4v) is 2.97. The van der Waals surface area contributed by atoms with Gasteiger partial charge in [-0.1, -0.05) is 24.3 Å². The van der Waals surface area contributed by atoms with Gasteiger partial charge in [-0.15, -0.1) is 0 Å². The van der Waals surface area contributed by atoms with Crippen molar-refractivity contribution in [2.24, 2.45) is 4.99 Å². The van der Waals surface area contributed by atoms with E-state index in [4.69, 9.17) is 5.26 Å². The lowest BCUT2D eigenvalue weighted by molar-refractivity contribution is -0.384. The first-order chi connectivity index (χ1) is 12.1. The average molecular weight is 350 g/mol. The van der Waals surface area contributed by atoms with Crippen molar-refractivity contribution in [3.05, 3.63) is 74.7 Å². The Morgan fingerprint density at radius 3 is 2.80 bits per heavy atom. The maximum absolute atomic E-state index is 12.1. The summed E-state index contributed by atoms with van der Waals surface area (Å²) in [6, 6.07) is 14.9. The molecule has 0 saturated carbocycles. The molecule has 3 rings (SSSR count). The Morgan fingerprint density at radius 2 is 2.04 bits per heavy atom. The standard InChI is InChI=1S/C17H10N4O3S/c18-10-12-5-1-2-7-14(12)19-17-20-16(22)15(25-17)9-11-4-3-6-13(8-11)21(23)24/h1-9H,(H,19,20,22)/b15-9-. The van der Waals surface area contributed by atoms with E-state index in [9.17, 15) is 14.9 Å². The number of rotatable bonds is 3. The van der Waals surface area contributed by atoms with Gasteiger partial charge in [-0.25, -0.2) is 4.99 Å². The number of hydrogen-bond donors (Lipinski definition) is 1. The molecule has 1 fully saturated rings. The topological polar surface area (TPSA) is 108 Å². The van der Waals surface area contributed by atoms with Crippen LogP contribution in [0.15, 0.2) is 58.4 Å². The highest BCUT2D eigenvalue weighted by Gasteiger charge is 2.24. The molecule has 1 aliphatic rings. The molecule has 0 atom stereocenters. The Kier molecular flexibility index (Phi) is 4.59. The van der Waals surface area contributed by atoms with Crippen LogP contribution in [-0.4, -0.2) is 16.0 Å². The third kappa shape index (κ3) is 3.73. The number of carbonyl (C=O) groups is 1. The van der Waals surface area contributed by atoms with E-state index in [0.717, 1.165) is 11.8 Å². The summed E-state index contributed by atoms with van der Waals surface area (Å²) in [5.41, 5.74) is 1.37. The lowest BCUT2D eigenvalue weighted by Gasteiger charge is -1.98.